The maximum atomic E-state index is 11.7. The molecule has 0 heterocycles. The maximum Gasteiger partial charge on any atom is 0.331 e. The largest absolute Gasteiger partial charge is 0.493 e. The minimum absolute atomic E-state index is 0.268. The summed E-state index contributed by atoms with van der Waals surface area (Å²) in [7, 11) is 1.45. The number of amides is 2. The summed E-state index contributed by atoms with van der Waals surface area (Å²) in [5.74, 6) is -0.873. The zero-order valence-corrected chi connectivity index (χ0v) is 14.4. The highest BCUT2D eigenvalue weighted by Gasteiger charge is 2.15. The van der Waals surface area contributed by atoms with E-state index in [9.17, 15) is 14.4 Å². The molecular weight excluding hydrogens is 328 g/mol. The van der Waals surface area contributed by atoms with Crippen molar-refractivity contribution in [2.24, 2.45) is 5.73 Å². The predicted octanol–water partition coefficient (Wildman–Crippen LogP) is 0.640. The Morgan fingerprint density at radius 3 is 2.60 bits per heavy atom. The Kier molecular flexibility index (Phi) is 7.98. The average Bonchev–Trinajstić information content (AvgIpc) is 2.58. The van der Waals surface area contributed by atoms with Crippen LogP contribution in [0.25, 0.3) is 6.08 Å². The van der Waals surface area contributed by atoms with Gasteiger partial charge in [-0.15, -0.1) is 0 Å². The van der Waals surface area contributed by atoms with Crippen LogP contribution in [0.15, 0.2) is 24.3 Å². The summed E-state index contributed by atoms with van der Waals surface area (Å²) in [5, 5.41) is 2.56. The molecule has 0 fully saturated rings. The highest BCUT2D eigenvalue weighted by atomic mass is 16.5. The number of rotatable bonds is 9. The molecule has 1 aromatic carbocycles. The van der Waals surface area contributed by atoms with Gasteiger partial charge in [0.15, 0.2) is 24.2 Å². The van der Waals surface area contributed by atoms with E-state index in [-0.39, 0.29) is 12.5 Å². The topological polar surface area (TPSA) is 117 Å². The third-order valence-corrected chi connectivity index (χ3v) is 2.98. The van der Waals surface area contributed by atoms with Crippen LogP contribution in [-0.2, 0) is 19.1 Å². The second-order valence-corrected chi connectivity index (χ2v) is 4.97. The zero-order valence-electron chi connectivity index (χ0n) is 14.4. The Morgan fingerprint density at radius 2 is 2.00 bits per heavy atom. The fourth-order valence-electron chi connectivity index (χ4n) is 1.81. The van der Waals surface area contributed by atoms with Crippen molar-refractivity contribution in [3.05, 3.63) is 29.8 Å². The van der Waals surface area contributed by atoms with Crippen LogP contribution in [0.4, 0.5) is 0 Å². The van der Waals surface area contributed by atoms with E-state index in [1.165, 1.54) is 26.2 Å². The van der Waals surface area contributed by atoms with Crippen molar-refractivity contribution in [3.8, 4) is 11.5 Å². The molecule has 0 saturated heterocycles. The Hall–Kier alpha value is -3.03. The molecule has 0 aliphatic carbocycles. The average molecular weight is 350 g/mol. The van der Waals surface area contributed by atoms with Crippen molar-refractivity contribution in [2.75, 3.05) is 20.3 Å². The molecule has 136 valence electrons. The smallest absolute Gasteiger partial charge is 0.331 e. The van der Waals surface area contributed by atoms with Gasteiger partial charge in [-0.25, -0.2) is 4.79 Å². The van der Waals surface area contributed by atoms with Crippen molar-refractivity contribution < 1.29 is 28.6 Å². The lowest BCUT2D eigenvalue weighted by Gasteiger charge is -2.11. The fraction of sp³-hybridized carbons (Fsp3) is 0.353. The predicted molar refractivity (Wildman–Crippen MR) is 91.0 cm³/mol. The summed E-state index contributed by atoms with van der Waals surface area (Å²) in [6.45, 7) is 3.46. The molecule has 1 rings (SSSR count). The van der Waals surface area contributed by atoms with Gasteiger partial charge in [0, 0.05) is 12.6 Å². The zero-order chi connectivity index (χ0) is 18.8. The Morgan fingerprint density at radius 1 is 1.28 bits per heavy atom. The van der Waals surface area contributed by atoms with Gasteiger partial charge in [-0.2, -0.15) is 0 Å². The standard InChI is InChI=1S/C17H22N2O6/c1-4-19-17(22)11(2)25-16(21)8-6-12-5-7-13(14(9-12)23-3)24-10-15(18)20/h5-9,11H,4,10H2,1-3H3,(H2,18,20)(H,19,22)/b8-6+. The van der Waals surface area contributed by atoms with E-state index in [1.54, 1.807) is 25.1 Å². The maximum absolute atomic E-state index is 11.7. The quantitative estimate of drug-likeness (QED) is 0.499. The van der Waals surface area contributed by atoms with Gasteiger partial charge in [0.2, 0.25) is 0 Å². The number of methoxy groups -OCH3 is 1. The molecule has 0 spiro atoms. The summed E-state index contributed by atoms with van der Waals surface area (Å²) in [4.78, 5) is 34.0. The number of carbonyl (C=O) groups excluding carboxylic acids is 3. The molecule has 0 bridgehead atoms. The van der Waals surface area contributed by atoms with Crippen molar-refractivity contribution in [2.45, 2.75) is 20.0 Å². The van der Waals surface area contributed by atoms with Crippen LogP contribution < -0.4 is 20.5 Å². The molecule has 8 heteroatoms. The molecule has 0 radical (unpaired) electrons. The first-order valence-electron chi connectivity index (χ1n) is 7.63. The van der Waals surface area contributed by atoms with E-state index >= 15 is 0 Å². The minimum Gasteiger partial charge on any atom is -0.493 e. The minimum atomic E-state index is -0.879. The second kappa shape index (κ2) is 9.96. The van der Waals surface area contributed by atoms with Gasteiger partial charge < -0.3 is 25.3 Å². The fourth-order valence-corrected chi connectivity index (χ4v) is 1.81. The number of primary amides is 1. The third-order valence-electron chi connectivity index (χ3n) is 2.98. The number of carbonyl (C=O) groups is 3. The van der Waals surface area contributed by atoms with Gasteiger partial charge in [-0.3, -0.25) is 9.59 Å². The lowest BCUT2D eigenvalue weighted by Crippen LogP contribution is -2.35. The molecule has 0 aliphatic heterocycles. The Bertz CT molecular complexity index is 657. The second-order valence-electron chi connectivity index (χ2n) is 4.97. The molecule has 2 amide bonds. The monoisotopic (exact) mass is 350 g/mol. The number of likely N-dealkylation sites (N-methyl/N-ethyl adjacent to an activating group) is 1. The number of esters is 1. The summed E-state index contributed by atoms with van der Waals surface area (Å²) in [6.07, 6.45) is 1.83. The van der Waals surface area contributed by atoms with E-state index in [2.05, 4.69) is 5.32 Å². The van der Waals surface area contributed by atoms with E-state index in [4.69, 9.17) is 19.9 Å². The van der Waals surface area contributed by atoms with Crippen molar-refractivity contribution in [3.63, 3.8) is 0 Å². The number of nitrogens with one attached hydrogen (secondary N) is 1. The normalized spacial score (nSPS) is 11.6. The highest BCUT2D eigenvalue weighted by molar-refractivity contribution is 5.90. The molecule has 1 aromatic rings. The number of ether oxygens (including phenoxy) is 3. The Labute approximate surface area is 145 Å². The molecule has 0 aliphatic rings. The van der Waals surface area contributed by atoms with Crippen molar-refractivity contribution in [1.82, 2.24) is 5.32 Å². The van der Waals surface area contributed by atoms with Crippen molar-refractivity contribution >= 4 is 23.9 Å². The van der Waals surface area contributed by atoms with Crippen LogP contribution in [0.1, 0.15) is 19.4 Å². The van der Waals surface area contributed by atoms with E-state index in [0.717, 1.165) is 0 Å². The van der Waals surface area contributed by atoms with Crippen LogP contribution in [0.3, 0.4) is 0 Å². The first-order valence-corrected chi connectivity index (χ1v) is 7.63. The van der Waals surface area contributed by atoms with Crippen LogP contribution >= 0.6 is 0 Å². The molecule has 1 atom stereocenters. The Balaban J connectivity index is 2.72. The van der Waals surface area contributed by atoms with Crippen LogP contribution in [0.5, 0.6) is 11.5 Å². The molecule has 25 heavy (non-hydrogen) atoms. The summed E-state index contributed by atoms with van der Waals surface area (Å²) < 4.78 is 15.4. The first-order chi connectivity index (χ1) is 11.9. The molecule has 0 saturated carbocycles. The third kappa shape index (κ3) is 6.94. The van der Waals surface area contributed by atoms with E-state index in [1.807, 2.05) is 0 Å². The molecule has 1 unspecified atom stereocenters. The number of benzene rings is 1. The molecule has 3 N–H and O–H groups in total. The molecule has 8 nitrogen and oxygen atoms in total. The van der Waals surface area contributed by atoms with Gasteiger partial charge in [-0.1, -0.05) is 6.07 Å². The van der Waals surface area contributed by atoms with Gasteiger partial charge >= 0.3 is 5.97 Å². The van der Waals surface area contributed by atoms with Crippen LogP contribution in [-0.4, -0.2) is 44.1 Å². The summed E-state index contributed by atoms with van der Waals surface area (Å²) >= 11 is 0. The SMILES string of the molecule is CCNC(=O)C(C)OC(=O)/C=C/c1ccc(OCC(N)=O)c(OC)c1. The van der Waals surface area contributed by atoms with Gasteiger partial charge in [0.1, 0.15) is 0 Å². The lowest BCUT2D eigenvalue weighted by atomic mass is 10.2. The summed E-state index contributed by atoms with van der Waals surface area (Å²) in [6, 6.07) is 4.87. The van der Waals surface area contributed by atoms with Crippen molar-refractivity contribution in [1.29, 1.82) is 0 Å². The van der Waals surface area contributed by atoms with Gasteiger partial charge in [0.05, 0.1) is 7.11 Å². The first kappa shape index (κ1) is 20.0. The number of hydrogen-bond acceptors (Lipinski definition) is 6. The van der Waals surface area contributed by atoms with E-state index < -0.39 is 18.0 Å². The van der Waals surface area contributed by atoms with Crippen LogP contribution in [0.2, 0.25) is 0 Å². The number of hydrogen-bond donors (Lipinski definition) is 2. The van der Waals surface area contributed by atoms with E-state index in [0.29, 0.717) is 23.6 Å². The molecule has 0 aromatic heterocycles. The van der Waals surface area contributed by atoms with Gasteiger partial charge in [-0.05, 0) is 37.6 Å². The van der Waals surface area contributed by atoms with Gasteiger partial charge in [0.25, 0.3) is 11.8 Å². The number of nitrogens with two attached hydrogens (primary N) is 1. The summed E-state index contributed by atoms with van der Waals surface area (Å²) in [5.41, 5.74) is 5.67. The van der Waals surface area contributed by atoms with Crippen LogP contribution in [0, 0.1) is 0 Å². The lowest BCUT2D eigenvalue weighted by molar-refractivity contribution is -0.150. The molecular formula is C17H22N2O6. The highest BCUT2D eigenvalue weighted by Crippen LogP contribution is 2.28.